The number of hydrogen-bond donors (Lipinski definition) is 1. The van der Waals surface area contributed by atoms with Gasteiger partial charge in [0.1, 0.15) is 5.58 Å². The molecule has 0 aliphatic rings. The van der Waals surface area contributed by atoms with E-state index >= 15 is 0 Å². The van der Waals surface area contributed by atoms with Gasteiger partial charge in [0, 0.05) is 12.4 Å². The number of hydrogen-bond acceptors (Lipinski definition) is 6. The van der Waals surface area contributed by atoms with Gasteiger partial charge in [-0.1, -0.05) is 18.2 Å². The van der Waals surface area contributed by atoms with Gasteiger partial charge in [0.25, 0.3) is 0 Å². The number of methoxy groups -OCH3 is 1. The maximum Gasteiger partial charge on any atom is 0.306 e. The molecule has 24 heavy (non-hydrogen) atoms. The molecule has 0 fully saturated rings. The third kappa shape index (κ3) is 2.86. The van der Waals surface area contributed by atoms with Crippen LogP contribution in [0.15, 0.2) is 58.0 Å². The highest BCUT2D eigenvalue weighted by Gasteiger charge is 2.27. The third-order valence-corrected chi connectivity index (χ3v) is 3.80. The Labute approximate surface area is 137 Å². The molecule has 0 unspecified atom stereocenters. The molecule has 0 radical (unpaired) electrons. The molecule has 0 saturated carbocycles. The molecule has 122 valence electrons. The highest BCUT2D eigenvalue weighted by atomic mass is 16.5. The van der Waals surface area contributed by atoms with Crippen LogP contribution in [-0.4, -0.2) is 23.2 Å². The summed E-state index contributed by atoms with van der Waals surface area (Å²) in [5, 5.41) is 10.6. The van der Waals surface area contributed by atoms with E-state index in [0.29, 0.717) is 11.1 Å². The molecule has 3 aromatic rings. The quantitative estimate of drug-likeness (QED) is 0.742. The van der Waals surface area contributed by atoms with Crippen molar-refractivity contribution < 1.29 is 19.1 Å². The van der Waals surface area contributed by atoms with E-state index in [1.165, 1.54) is 7.11 Å². The lowest BCUT2D eigenvalue weighted by Crippen LogP contribution is -2.13. The molecule has 0 saturated heterocycles. The first-order valence-electron chi connectivity index (χ1n) is 7.33. The Morgan fingerprint density at radius 3 is 2.79 bits per heavy atom. The zero-order valence-corrected chi connectivity index (χ0v) is 12.9. The second-order valence-corrected chi connectivity index (χ2v) is 5.26. The highest BCUT2D eigenvalue weighted by molar-refractivity contribution is 5.78. The minimum Gasteiger partial charge on any atom is -0.502 e. The first-order valence-corrected chi connectivity index (χ1v) is 7.33. The molecule has 0 aliphatic carbocycles. The van der Waals surface area contributed by atoms with Gasteiger partial charge in [0.15, 0.2) is 5.76 Å². The number of carbonyl (C=O) groups excluding carboxylic acids is 1. The molecule has 0 amide bonds. The number of esters is 1. The summed E-state index contributed by atoms with van der Waals surface area (Å²) in [7, 11) is 1.28. The molecule has 0 spiro atoms. The Balaban J connectivity index is 2.21. The Morgan fingerprint density at radius 1 is 1.29 bits per heavy atom. The van der Waals surface area contributed by atoms with Gasteiger partial charge in [-0.2, -0.15) is 0 Å². The van der Waals surface area contributed by atoms with Gasteiger partial charge < -0.3 is 14.3 Å². The fourth-order valence-corrected chi connectivity index (χ4v) is 2.58. The summed E-state index contributed by atoms with van der Waals surface area (Å²) in [4.78, 5) is 28.2. The number of aromatic hydroxyl groups is 1. The summed E-state index contributed by atoms with van der Waals surface area (Å²) in [6.45, 7) is 0. The monoisotopic (exact) mass is 325 g/mol. The molecule has 1 atom stereocenters. The molecule has 3 rings (SSSR count). The van der Waals surface area contributed by atoms with E-state index in [9.17, 15) is 14.7 Å². The van der Waals surface area contributed by atoms with Gasteiger partial charge in [-0.25, -0.2) is 0 Å². The number of nitrogens with zero attached hydrogens (tertiary/aromatic N) is 1. The van der Waals surface area contributed by atoms with Crippen molar-refractivity contribution in [2.24, 2.45) is 0 Å². The number of rotatable bonds is 4. The number of para-hydroxylation sites is 1. The Kier molecular flexibility index (Phi) is 4.29. The van der Waals surface area contributed by atoms with Crippen LogP contribution < -0.4 is 5.43 Å². The van der Waals surface area contributed by atoms with Crippen LogP contribution in [-0.2, 0) is 9.53 Å². The smallest absolute Gasteiger partial charge is 0.306 e. The third-order valence-electron chi connectivity index (χ3n) is 3.80. The summed E-state index contributed by atoms with van der Waals surface area (Å²) in [6, 6.07) is 10.1. The van der Waals surface area contributed by atoms with Crippen molar-refractivity contribution in [1.82, 2.24) is 4.98 Å². The average Bonchev–Trinajstić information content (AvgIpc) is 2.63. The van der Waals surface area contributed by atoms with Crippen LogP contribution in [0.1, 0.15) is 23.7 Å². The molecule has 2 heterocycles. The van der Waals surface area contributed by atoms with Crippen molar-refractivity contribution in [2.75, 3.05) is 7.11 Å². The lowest BCUT2D eigenvalue weighted by molar-refractivity contribution is -0.140. The van der Waals surface area contributed by atoms with Gasteiger partial charge in [0.2, 0.25) is 11.2 Å². The number of fused-ring (bicyclic) bond motifs is 1. The van der Waals surface area contributed by atoms with Crippen molar-refractivity contribution in [3.63, 3.8) is 0 Å². The maximum atomic E-state index is 12.4. The van der Waals surface area contributed by atoms with Crippen LogP contribution in [0.4, 0.5) is 0 Å². The molecule has 6 nitrogen and oxygen atoms in total. The fourth-order valence-electron chi connectivity index (χ4n) is 2.58. The second kappa shape index (κ2) is 6.54. The molecule has 1 aromatic carbocycles. The van der Waals surface area contributed by atoms with Gasteiger partial charge in [-0.05, 0) is 23.8 Å². The normalized spacial score (nSPS) is 12.0. The van der Waals surface area contributed by atoms with Crippen LogP contribution in [0.3, 0.4) is 0 Å². The van der Waals surface area contributed by atoms with Gasteiger partial charge in [-0.15, -0.1) is 0 Å². The van der Waals surface area contributed by atoms with E-state index in [4.69, 9.17) is 9.15 Å². The standard InChI is InChI=1S/C18H15NO5/c1-23-15(20)9-13(11-5-4-8-19-10-11)18-17(22)16(21)12-6-2-3-7-14(12)24-18/h2-8,10,13,22H,9H2,1H3/t13-/m1/s1. The molecule has 6 heteroatoms. The number of aromatic nitrogens is 1. The molecule has 0 bridgehead atoms. The molecular weight excluding hydrogens is 310 g/mol. The van der Waals surface area contributed by atoms with E-state index in [2.05, 4.69) is 4.98 Å². The van der Waals surface area contributed by atoms with Crippen molar-refractivity contribution in [2.45, 2.75) is 12.3 Å². The zero-order valence-electron chi connectivity index (χ0n) is 12.9. The number of ether oxygens (including phenoxy) is 1. The minimum atomic E-state index is -0.677. The lowest BCUT2D eigenvalue weighted by atomic mass is 9.93. The van der Waals surface area contributed by atoms with Gasteiger partial charge >= 0.3 is 5.97 Å². The second-order valence-electron chi connectivity index (χ2n) is 5.26. The van der Waals surface area contributed by atoms with E-state index in [0.717, 1.165) is 0 Å². The Hall–Kier alpha value is -3.15. The zero-order chi connectivity index (χ0) is 17.1. The van der Waals surface area contributed by atoms with E-state index in [-0.39, 0.29) is 17.6 Å². The first kappa shape index (κ1) is 15.7. The van der Waals surface area contributed by atoms with E-state index in [1.54, 1.807) is 48.8 Å². The summed E-state index contributed by atoms with van der Waals surface area (Å²) in [6.07, 6.45) is 3.06. The SMILES string of the molecule is COC(=O)C[C@H](c1cccnc1)c1oc2ccccc2c(=O)c1O. The van der Waals surface area contributed by atoms with Crippen molar-refractivity contribution in [3.8, 4) is 5.75 Å². The Morgan fingerprint density at radius 2 is 2.08 bits per heavy atom. The maximum absolute atomic E-state index is 12.4. The molecule has 2 aromatic heterocycles. The predicted octanol–water partition coefficient (Wildman–Crippen LogP) is 2.59. The predicted molar refractivity (Wildman–Crippen MR) is 86.9 cm³/mol. The van der Waals surface area contributed by atoms with Crippen LogP contribution in [0.5, 0.6) is 5.75 Å². The summed E-state index contributed by atoms with van der Waals surface area (Å²) in [5.41, 5.74) is 0.441. The Bertz CT molecular complexity index is 933. The van der Waals surface area contributed by atoms with Crippen LogP contribution >= 0.6 is 0 Å². The summed E-state index contributed by atoms with van der Waals surface area (Å²) < 4.78 is 10.5. The average molecular weight is 325 g/mol. The summed E-state index contributed by atoms with van der Waals surface area (Å²) >= 11 is 0. The van der Waals surface area contributed by atoms with E-state index in [1.807, 2.05) is 0 Å². The van der Waals surface area contributed by atoms with Crippen LogP contribution in [0.2, 0.25) is 0 Å². The number of pyridine rings is 1. The number of carbonyl (C=O) groups is 1. The van der Waals surface area contributed by atoms with Crippen molar-refractivity contribution in [3.05, 3.63) is 70.3 Å². The van der Waals surface area contributed by atoms with Crippen molar-refractivity contribution >= 4 is 16.9 Å². The van der Waals surface area contributed by atoms with Gasteiger partial charge in [0.05, 0.1) is 24.8 Å². The van der Waals surface area contributed by atoms with E-state index < -0.39 is 23.1 Å². The fraction of sp³-hybridized carbons (Fsp3) is 0.167. The highest BCUT2D eigenvalue weighted by Crippen LogP contribution is 2.34. The largest absolute Gasteiger partial charge is 0.502 e. The van der Waals surface area contributed by atoms with Gasteiger partial charge in [-0.3, -0.25) is 14.6 Å². The lowest BCUT2D eigenvalue weighted by Gasteiger charge is -2.16. The van der Waals surface area contributed by atoms with Crippen LogP contribution in [0.25, 0.3) is 11.0 Å². The topological polar surface area (TPSA) is 89.6 Å². The molecular formula is C18H15NO5. The summed E-state index contributed by atoms with van der Waals surface area (Å²) in [5.74, 6) is -1.65. The van der Waals surface area contributed by atoms with Crippen LogP contribution in [0, 0.1) is 0 Å². The van der Waals surface area contributed by atoms with Crippen molar-refractivity contribution in [1.29, 1.82) is 0 Å². The first-order chi connectivity index (χ1) is 11.6. The molecule has 0 aliphatic heterocycles. The minimum absolute atomic E-state index is 0.0251. The number of benzene rings is 1. The molecule has 1 N–H and O–H groups in total.